The Bertz CT molecular complexity index is 852. The van der Waals surface area contributed by atoms with Gasteiger partial charge in [0, 0.05) is 49.7 Å². The van der Waals surface area contributed by atoms with Crippen LogP contribution in [0.2, 0.25) is 0 Å². The number of fused-ring (bicyclic) bond motifs is 1. The first-order valence-corrected chi connectivity index (χ1v) is 9.79. The molecule has 26 heavy (non-hydrogen) atoms. The van der Waals surface area contributed by atoms with Gasteiger partial charge in [-0.2, -0.15) is 0 Å². The van der Waals surface area contributed by atoms with E-state index in [0.717, 1.165) is 56.1 Å². The van der Waals surface area contributed by atoms with Crippen LogP contribution in [0.15, 0.2) is 24.3 Å². The Kier molecular flexibility index (Phi) is 3.92. The van der Waals surface area contributed by atoms with Crippen LogP contribution >= 0.6 is 0 Å². The summed E-state index contributed by atoms with van der Waals surface area (Å²) >= 11 is 0. The van der Waals surface area contributed by atoms with Gasteiger partial charge in [-0.3, -0.25) is 14.7 Å². The molecule has 0 N–H and O–H groups in total. The summed E-state index contributed by atoms with van der Waals surface area (Å²) < 4.78 is 13.8. The zero-order chi connectivity index (χ0) is 17.7. The van der Waals surface area contributed by atoms with Crippen LogP contribution < -0.4 is 0 Å². The summed E-state index contributed by atoms with van der Waals surface area (Å²) in [6.07, 6.45) is 4.98. The number of rotatable bonds is 4. The van der Waals surface area contributed by atoms with E-state index in [4.69, 9.17) is 0 Å². The van der Waals surface area contributed by atoms with E-state index < -0.39 is 0 Å². The van der Waals surface area contributed by atoms with Crippen LogP contribution in [0, 0.1) is 11.7 Å². The summed E-state index contributed by atoms with van der Waals surface area (Å²) in [4.78, 5) is 22.3. The molecule has 0 spiro atoms. The SMILES string of the molecule is O=C(c1cc(C2CC2)nc2ccc(F)cc12)N1CCN(CC2CC2)CC1. The largest absolute Gasteiger partial charge is 0.336 e. The minimum Gasteiger partial charge on any atom is -0.336 e. The summed E-state index contributed by atoms with van der Waals surface area (Å²) in [6, 6.07) is 6.49. The second-order valence-corrected chi connectivity index (χ2v) is 8.07. The molecule has 0 atom stereocenters. The number of carbonyl (C=O) groups excluding carboxylic acids is 1. The van der Waals surface area contributed by atoms with Gasteiger partial charge in [0.2, 0.25) is 0 Å². The summed E-state index contributed by atoms with van der Waals surface area (Å²) in [6.45, 7) is 4.56. The van der Waals surface area contributed by atoms with Gasteiger partial charge >= 0.3 is 0 Å². The van der Waals surface area contributed by atoms with Crippen LogP contribution in [-0.2, 0) is 0 Å². The molecular weight excluding hydrogens is 329 g/mol. The van der Waals surface area contributed by atoms with E-state index >= 15 is 0 Å². The molecule has 0 radical (unpaired) electrons. The van der Waals surface area contributed by atoms with Crippen molar-refractivity contribution in [3.05, 3.63) is 41.3 Å². The smallest absolute Gasteiger partial charge is 0.254 e. The lowest BCUT2D eigenvalue weighted by molar-refractivity contribution is 0.0634. The molecule has 1 amide bonds. The maximum atomic E-state index is 13.8. The first-order chi connectivity index (χ1) is 12.7. The predicted molar refractivity (Wildman–Crippen MR) is 98.7 cm³/mol. The lowest BCUT2D eigenvalue weighted by atomic mass is 10.0. The first-order valence-electron chi connectivity index (χ1n) is 9.79. The van der Waals surface area contributed by atoms with Gasteiger partial charge in [-0.15, -0.1) is 0 Å². The normalized spacial score (nSPS) is 21.3. The number of benzene rings is 1. The van der Waals surface area contributed by atoms with Gasteiger partial charge in [0.25, 0.3) is 5.91 Å². The average Bonchev–Trinajstić information content (AvgIpc) is 3.54. The Morgan fingerprint density at radius 3 is 2.54 bits per heavy atom. The molecule has 136 valence electrons. The van der Waals surface area contributed by atoms with E-state index in [-0.39, 0.29) is 11.7 Å². The molecule has 2 aliphatic carbocycles. The molecule has 2 saturated carbocycles. The molecule has 2 aromatic rings. The third kappa shape index (κ3) is 3.20. The third-order valence-corrected chi connectivity index (χ3v) is 5.89. The number of halogens is 1. The molecule has 5 heteroatoms. The van der Waals surface area contributed by atoms with Gasteiger partial charge in [-0.05, 0) is 55.9 Å². The highest BCUT2D eigenvalue weighted by molar-refractivity contribution is 6.06. The van der Waals surface area contributed by atoms with Crippen molar-refractivity contribution in [3.8, 4) is 0 Å². The average molecular weight is 353 g/mol. The van der Waals surface area contributed by atoms with E-state index in [9.17, 15) is 9.18 Å². The van der Waals surface area contributed by atoms with E-state index in [0.29, 0.717) is 16.9 Å². The highest BCUT2D eigenvalue weighted by Gasteiger charge is 2.30. The molecule has 0 unspecified atom stereocenters. The van der Waals surface area contributed by atoms with Crippen LogP contribution in [0.3, 0.4) is 0 Å². The van der Waals surface area contributed by atoms with Crippen molar-refractivity contribution in [1.82, 2.24) is 14.8 Å². The minimum atomic E-state index is -0.318. The highest BCUT2D eigenvalue weighted by atomic mass is 19.1. The van der Waals surface area contributed by atoms with Gasteiger partial charge < -0.3 is 4.90 Å². The topological polar surface area (TPSA) is 36.4 Å². The zero-order valence-electron chi connectivity index (χ0n) is 15.0. The van der Waals surface area contributed by atoms with Crippen molar-refractivity contribution in [1.29, 1.82) is 0 Å². The Morgan fingerprint density at radius 2 is 1.85 bits per heavy atom. The van der Waals surface area contributed by atoms with Crippen molar-refractivity contribution < 1.29 is 9.18 Å². The van der Waals surface area contributed by atoms with Crippen LogP contribution in [-0.4, -0.2) is 53.4 Å². The molecule has 5 rings (SSSR count). The fraction of sp³-hybridized carbons (Fsp3) is 0.524. The maximum absolute atomic E-state index is 13.8. The van der Waals surface area contributed by atoms with E-state index in [1.807, 2.05) is 11.0 Å². The monoisotopic (exact) mass is 353 g/mol. The molecule has 1 aliphatic heterocycles. The Hall–Kier alpha value is -2.01. The number of hydrogen-bond donors (Lipinski definition) is 0. The van der Waals surface area contributed by atoms with Crippen molar-refractivity contribution in [3.63, 3.8) is 0 Å². The number of nitrogens with zero attached hydrogens (tertiary/aromatic N) is 3. The molecule has 0 bridgehead atoms. The zero-order valence-corrected chi connectivity index (χ0v) is 15.0. The van der Waals surface area contributed by atoms with Crippen LogP contribution in [0.4, 0.5) is 4.39 Å². The fourth-order valence-corrected chi connectivity index (χ4v) is 3.95. The minimum absolute atomic E-state index is 0.0240. The lowest BCUT2D eigenvalue weighted by Crippen LogP contribution is -2.49. The van der Waals surface area contributed by atoms with E-state index in [1.54, 1.807) is 6.07 Å². The first kappa shape index (κ1) is 16.2. The molecule has 3 aliphatic rings. The van der Waals surface area contributed by atoms with Crippen molar-refractivity contribution >= 4 is 16.8 Å². The Labute approximate surface area is 153 Å². The molecule has 4 nitrogen and oxygen atoms in total. The summed E-state index contributed by atoms with van der Waals surface area (Å²) in [5.41, 5.74) is 2.33. The fourth-order valence-electron chi connectivity index (χ4n) is 3.95. The second-order valence-electron chi connectivity index (χ2n) is 8.07. The van der Waals surface area contributed by atoms with Gasteiger partial charge in [0.15, 0.2) is 0 Å². The van der Waals surface area contributed by atoms with Crippen molar-refractivity contribution in [2.75, 3.05) is 32.7 Å². The molecule has 1 aromatic heterocycles. The summed E-state index contributed by atoms with van der Waals surface area (Å²) in [5, 5.41) is 0.639. The van der Waals surface area contributed by atoms with Gasteiger partial charge in [-0.25, -0.2) is 4.39 Å². The lowest BCUT2D eigenvalue weighted by Gasteiger charge is -2.35. The van der Waals surface area contributed by atoms with Crippen molar-refractivity contribution in [2.45, 2.75) is 31.6 Å². The molecular formula is C21H24FN3O. The van der Waals surface area contributed by atoms with Crippen LogP contribution in [0.25, 0.3) is 10.9 Å². The van der Waals surface area contributed by atoms with Crippen LogP contribution in [0.5, 0.6) is 0 Å². The highest BCUT2D eigenvalue weighted by Crippen LogP contribution is 2.40. The van der Waals surface area contributed by atoms with Crippen LogP contribution in [0.1, 0.15) is 47.7 Å². The van der Waals surface area contributed by atoms with Crippen molar-refractivity contribution in [2.24, 2.45) is 5.92 Å². The number of pyridine rings is 1. The molecule has 1 saturated heterocycles. The Morgan fingerprint density at radius 1 is 1.08 bits per heavy atom. The summed E-state index contributed by atoms with van der Waals surface area (Å²) in [7, 11) is 0. The van der Waals surface area contributed by atoms with Gasteiger partial charge in [0.1, 0.15) is 5.82 Å². The number of amides is 1. The van der Waals surface area contributed by atoms with Gasteiger partial charge in [0.05, 0.1) is 11.1 Å². The van der Waals surface area contributed by atoms with E-state index in [2.05, 4.69) is 9.88 Å². The Balaban J connectivity index is 1.41. The standard InChI is InChI=1S/C21H24FN3O/c22-16-5-6-19-17(11-16)18(12-20(23-19)15-3-4-15)21(26)25-9-7-24(8-10-25)13-14-1-2-14/h5-6,11-12,14-15H,1-4,7-10,13H2. The number of aromatic nitrogens is 1. The third-order valence-electron chi connectivity index (χ3n) is 5.89. The number of piperazine rings is 1. The second kappa shape index (κ2) is 6.31. The maximum Gasteiger partial charge on any atom is 0.254 e. The molecule has 3 fully saturated rings. The van der Waals surface area contributed by atoms with E-state index in [1.165, 1.54) is 31.5 Å². The summed E-state index contributed by atoms with van der Waals surface area (Å²) in [5.74, 6) is 1.05. The number of hydrogen-bond acceptors (Lipinski definition) is 3. The molecule has 2 heterocycles. The number of carbonyl (C=O) groups is 1. The van der Waals surface area contributed by atoms with Gasteiger partial charge in [-0.1, -0.05) is 0 Å². The quantitative estimate of drug-likeness (QED) is 0.845. The molecule has 1 aromatic carbocycles. The predicted octanol–water partition coefficient (Wildman–Crippen LogP) is 3.42.